The highest BCUT2D eigenvalue weighted by Gasteiger charge is 2.21. The minimum absolute atomic E-state index is 0.251. The molecule has 0 unspecified atom stereocenters. The van der Waals surface area contributed by atoms with Crippen LogP contribution in [-0.2, 0) is 0 Å². The highest BCUT2D eigenvalue weighted by atomic mass is 16.6. The number of hydrogen-bond donors (Lipinski definition) is 1. The molecule has 92 valence electrons. The second-order valence-electron chi connectivity index (χ2n) is 4.37. The second kappa shape index (κ2) is 4.71. The number of nitrogens with zero attached hydrogens (tertiary/aromatic N) is 2. The van der Waals surface area contributed by atoms with E-state index >= 15 is 0 Å². The summed E-state index contributed by atoms with van der Waals surface area (Å²) in [6.45, 7) is 7.29. The number of nitrogens with one attached hydrogen (secondary N) is 1. The molecular formula is C12H17N3O2. The third-order valence-electron chi connectivity index (χ3n) is 3.24. The first kappa shape index (κ1) is 11.9. The van der Waals surface area contributed by atoms with Gasteiger partial charge in [0.05, 0.1) is 10.5 Å². The van der Waals surface area contributed by atoms with Gasteiger partial charge in [0.2, 0.25) is 0 Å². The first-order valence-electron chi connectivity index (χ1n) is 5.81. The van der Waals surface area contributed by atoms with Crippen LogP contribution in [0.5, 0.6) is 0 Å². The molecule has 0 aliphatic carbocycles. The summed E-state index contributed by atoms with van der Waals surface area (Å²) in [5.74, 6) is 0. The van der Waals surface area contributed by atoms with Crippen LogP contribution in [0.25, 0.3) is 0 Å². The highest BCUT2D eigenvalue weighted by Crippen LogP contribution is 2.31. The number of aryl methyl sites for hydroxylation is 1. The summed E-state index contributed by atoms with van der Waals surface area (Å²) in [6, 6.07) is 3.82. The van der Waals surface area contributed by atoms with Crippen LogP contribution >= 0.6 is 0 Å². The average molecular weight is 235 g/mol. The summed E-state index contributed by atoms with van der Waals surface area (Å²) in [6.07, 6.45) is 0. The third kappa shape index (κ3) is 2.24. The average Bonchev–Trinajstić information content (AvgIpc) is 2.30. The van der Waals surface area contributed by atoms with Gasteiger partial charge >= 0.3 is 0 Å². The van der Waals surface area contributed by atoms with Crippen molar-refractivity contribution in [1.29, 1.82) is 0 Å². The molecule has 1 N–H and O–H groups in total. The third-order valence-corrected chi connectivity index (χ3v) is 3.24. The number of nitro groups is 1. The van der Waals surface area contributed by atoms with E-state index in [4.69, 9.17) is 0 Å². The van der Waals surface area contributed by atoms with E-state index in [-0.39, 0.29) is 10.6 Å². The lowest BCUT2D eigenvalue weighted by molar-refractivity contribution is -0.386. The maximum Gasteiger partial charge on any atom is 0.277 e. The van der Waals surface area contributed by atoms with E-state index in [1.54, 1.807) is 6.92 Å². The molecule has 5 heteroatoms. The molecule has 0 radical (unpaired) electrons. The van der Waals surface area contributed by atoms with E-state index in [1.807, 2.05) is 19.1 Å². The van der Waals surface area contributed by atoms with Crippen LogP contribution in [-0.4, -0.2) is 31.1 Å². The van der Waals surface area contributed by atoms with Gasteiger partial charge < -0.3 is 10.2 Å². The molecule has 0 aromatic heterocycles. The van der Waals surface area contributed by atoms with Crippen LogP contribution in [0.4, 0.5) is 11.4 Å². The van der Waals surface area contributed by atoms with Crippen molar-refractivity contribution in [3.8, 4) is 0 Å². The summed E-state index contributed by atoms with van der Waals surface area (Å²) in [7, 11) is 0. The fraction of sp³-hybridized carbons (Fsp3) is 0.500. The molecule has 2 rings (SSSR count). The Morgan fingerprint density at radius 1 is 1.29 bits per heavy atom. The van der Waals surface area contributed by atoms with Crippen LogP contribution in [0.1, 0.15) is 11.1 Å². The van der Waals surface area contributed by atoms with Crippen molar-refractivity contribution in [2.24, 2.45) is 0 Å². The Morgan fingerprint density at radius 2 is 1.94 bits per heavy atom. The van der Waals surface area contributed by atoms with Crippen molar-refractivity contribution in [1.82, 2.24) is 5.32 Å². The fourth-order valence-electron chi connectivity index (χ4n) is 2.35. The van der Waals surface area contributed by atoms with Gasteiger partial charge in [-0.05, 0) is 19.9 Å². The molecule has 1 aliphatic heterocycles. The minimum atomic E-state index is -0.281. The molecule has 0 bridgehead atoms. The SMILES string of the molecule is Cc1ccc(N2CCNCC2)c(C)c1[N+](=O)[O-]. The molecule has 1 aromatic carbocycles. The van der Waals surface area contributed by atoms with Crippen LogP contribution in [0.15, 0.2) is 12.1 Å². The molecule has 0 spiro atoms. The maximum atomic E-state index is 11.1. The zero-order valence-corrected chi connectivity index (χ0v) is 10.2. The number of nitro benzene ring substituents is 1. The number of rotatable bonds is 2. The molecule has 1 aliphatic rings. The number of hydrogen-bond acceptors (Lipinski definition) is 4. The van der Waals surface area contributed by atoms with Crippen LogP contribution in [0.3, 0.4) is 0 Å². The first-order chi connectivity index (χ1) is 8.11. The predicted octanol–water partition coefficient (Wildman–Crippen LogP) is 1.62. The molecule has 0 atom stereocenters. The van der Waals surface area contributed by atoms with Crippen molar-refractivity contribution < 1.29 is 4.92 Å². The van der Waals surface area contributed by atoms with Gasteiger partial charge in [-0.3, -0.25) is 10.1 Å². The van der Waals surface area contributed by atoms with E-state index in [9.17, 15) is 10.1 Å². The Bertz CT molecular complexity index is 440. The van der Waals surface area contributed by atoms with Crippen LogP contribution in [0.2, 0.25) is 0 Å². The van der Waals surface area contributed by atoms with Crippen molar-refractivity contribution in [3.63, 3.8) is 0 Å². The van der Waals surface area contributed by atoms with Gasteiger partial charge in [0.15, 0.2) is 0 Å². The quantitative estimate of drug-likeness (QED) is 0.625. The van der Waals surface area contributed by atoms with E-state index in [2.05, 4.69) is 10.2 Å². The van der Waals surface area contributed by atoms with E-state index < -0.39 is 0 Å². The highest BCUT2D eigenvalue weighted by molar-refractivity contribution is 5.64. The summed E-state index contributed by atoms with van der Waals surface area (Å²) in [4.78, 5) is 13.0. The van der Waals surface area contributed by atoms with Gasteiger partial charge in [-0.25, -0.2) is 0 Å². The molecule has 1 aromatic rings. The van der Waals surface area contributed by atoms with Crippen molar-refractivity contribution in [2.45, 2.75) is 13.8 Å². The Kier molecular flexibility index (Phi) is 3.28. The minimum Gasteiger partial charge on any atom is -0.369 e. The standard InChI is InChI=1S/C12H17N3O2/c1-9-3-4-11(10(2)12(9)15(16)17)14-7-5-13-6-8-14/h3-4,13H,5-8H2,1-2H3. The molecule has 0 saturated carbocycles. The molecule has 1 saturated heterocycles. The second-order valence-corrected chi connectivity index (χ2v) is 4.37. The lowest BCUT2D eigenvalue weighted by atomic mass is 10.1. The van der Waals surface area contributed by atoms with Crippen LogP contribution in [0, 0.1) is 24.0 Å². The number of anilines is 1. The predicted molar refractivity (Wildman–Crippen MR) is 67.7 cm³/mol. The normalized spacial score (nSPS) is 16.0. The zero-order chi connectivity index (χ0) is 12.4. The smallest absolute Gasteiger partial charge is 0.277 e. The number of piperazine rings is 1. The van der Waals surface area contributed by atoms with Gasteiger partial charge in [-0.1, -0.05) is 6.07 Å². The van der Waals surface area contributed by atoms with Crippen molar-refractivity contribution >= 4 is 11.4 Å². The topological polar surface area (TPSA) is 58.4 Å². The zero-order valence-electron chi connectivity index (χ0n) is 10.2. The van der Waals surface area contributed by atoms with Gasteiger partial charge in [0.1, 0.15) is 0 Å². The Morgan fingerprint density at radius 3 is 2.53 bits per heavy atom. The van der Waals surface area contributed by atoms with Gasteiger partial charge in [-0.2, -0.15) is 0 Å². The van der Waals surface area contributed by atoms with E-state index in [0.29, 0.717) is 0 Å². The van der Waals surface area contributed by atoms with Gasteiger partial charge in [0.25, 0.3) is 5.69 Å². The molecule has 1 fully saturated rings. The first-order valence-corrected chi connectivity index (χ1v) is 5.81. The van der Waals surface area contributed by atoms with Crippen LogP contribution < -0.4 is 10.2 Å². The molecule has 17 heavy (non-hydrogen) atoms. The largest absolute Gasteiger partial charge is 0.369 e. The van der Waals surface area contributed by atoms with Gasteiger partial charge in [0, 0.05) is 37.4 Å². The summed E-state index contributed by atoms with van der Waals surface area (Å²) in [5.41, 5.74) is 2.74. The lowest BCUT2D eigenvalue weighted by Gasteiger charge is -2.30. The Labute approximate surface area is 101 Å². The Balaban J connectivity index is 2.41. The fourth-order valence-corrected chi connectivity index (χ4v) is 2.35. The summed E-state index contributed by atoms with van der Waals surface area (Å²) < 4.78 is 0. The monoisotopic (exact) mass is 235 g/mol. The molecule has 0 amide bonds. The maximum absolute atomic E-state index is 11.1. The summed E-state index contributed by atoms with van der Waals surface area (Å²) >= 11 is 0. The number of benzene rings is 1. The molecule has 1 heterocycles. The molecular weight excluding hydrogens is 218 g/mol. The summed E-state index contributed by atoms with van der Waals surface area (Å²) in [5, 5.41) is 14.3. The van der Waals surface area contributed by atoms with Gasteiger partial charge in [-0.15, -0.1) is 0 Å². The molecule has 5 nitrogen and oxygen atoms in total. The lowest BCUT2D eigenvalue weighted by Crippen LogP contribution is -2.43. The van der Waals surface area contributed by atoms with E-state index in [1.165, 1.54) is 0 Å². The van der Waals surface area contributed by atoms with Crippen molar-refractivity contribution in [2.75, 3.05) is 31.1 Å². The Hall–Kier alpha value is -1.62. The van der Waals surface area contributed by atoms with Crippen molar-refractivity contribution in [3.05, 3.63) is 33.4 Å². The van der Waals surface area contributed by atoms with E-state index in [0.717, 1.165) is 43.0 Å².